The van der Waals surface area contributed by atoms with Crippen molar-refractivity contribution >= 4 is 34.1 Å². The van der Waals surface area contributed by atoms with Crippen LogP contribution in [-0.4, -0.2) is 63.5 Å². The summed E-state index contributed by atoms with van der Waals surface area (Å²) in [5.41, 5.74) is 3.41. The quantitative estimate of drug-likeness (QED) is 0.567. The zero-order valence-corrected chi connectivity index (χ0v) is 16.0. The Morgan fingerprint density at radius 3 is 2.48 bits per heavy atom. The van der Waals surface area contributed by atoms with Crippen LogP contribution in [0.4, 0.5) is 0 Å². The summed E-state index contributed by atoms with van der Waals surface area (Å²) in [6, 6.07) is 11.6. The van der Waals surface area contributed by atoms with Gasteiger partial charge in [-0.2, -0.15) is 5.10 Å². The number of likely N-dealkylation sites (N-methyl/N-ethyl adjacent to an activating group) is 1. The van der Waals surface area contributed by atoms with Gasteiger partial charge in [0.25, 0.3) is 5.91 Å². The minimum atomic E-state index is 0.104. The van der Waals surface area contributed by atoms with Gasteiger partial charge in [0.1, 0.15) is 3.70 Å². The fourth-order valence-corrected chi connectivity index (χ4v) is 3.47. The van der Waals surface area contributed by atoms with Crippen molar-refractivity contribution in [2.45, 2.75) is 0 Å². The Kier molecular flexibility index (Phi) is 4.43. The molecule has 0 aliphatic carbocycles. The van der Waals surface area contributed by atoms with Gasteiger partial charge < -0.3 is 9.80 Å². The van der Waals surface area contributed by atoms with Gasteiger partial charge in [-0.05, 0) is 53.9 Å². The molecule has 3 heterocycles. The normalized spacial score (nSPS) is 15.7. The summed E-state index contributed by atoms with van der Waals surface area (Å²) in [5, 5.41) is 4.62. The average Bonchev–Trinajstić information content (AvgIpc) is 3.02. The van der Waals surface area contributed by atoms with Gasteiger partial charge in [-0.25, -0.2) is 9.50 Å². The Morgan fingerprint density at radius 1 is 1.04 bits per heavy atom. The Hall–Kier alpha value is -2.00. The van der Waals surface area contributed by atoms with Gasteiger partial charge >= 0.3 is 0 Å². The summed E-state index contributed by atoms with van der Waals surface area (Å²) in [5.74, 6) is 0.104. The lowest BCUT2D eigenvalue weighted by molar-refractivity contribution is 0.0664. The molecule has 25 heavy (non-hydrogen) atoms. The SMILES string of the molecule is CN1CCN(C(=O)c2ccc(-c3ccc4ncc(I)n4n3)cc2)CC1. The largest absolute Gasteiger partial charge is 0.336 e. The van der Waals surface area contributed by atoms with E-state index in [1.807, 2.05) is 45.8 Å². The molecule has 1 amide bonds. The number of piperazine rings is 1. The van der Waals surface area contributed by atoms with Crippen molar-refractivity contribution in [2.24, 2.45) is 0 Å². The van der Waals surface area contributed by atoms with E-state index in [9.17, 15) is 4.79 Å². The third-order valence-electron chi connectivity index (χ3n) is 4.54. The molecule has 6 nitrogen and oxygen atoms in total. The highest BCUT2D eigenvalue weighted by atomic mass is 127. The number of aromatic nitrogens is 3. The summed E-state index contributed by atoms with van der Waals surface area (Å²) in [7, 11) is 2.09. The van der Waals surface area contributed by atoms with Crippen molar-refractivity contribution in [1.29, 1.82) is 0 Å². The van der Waals surface area contributed by atoms with Crippen LogP contribution < -0.4 is 0 Å². The molecule has 1 aromatic carbocycles. The molecular weight excluding hydrogens is 429 g/mol. The van der Waals surface area contributed by atoms with E-state index >= 15 is 0 Å². The van der Waals surface area contributed by atoms with Gasteiger partial charge in [-0.1, -0.05) is 12.1 Å². The first-order chi connectivity index (χ1) is 12.1. The second-order valence-corrected chi connectivity index (χ2v) is 7.35. The topological polar surface area (TPSA) is 53.7 Å². The van der Waals surface area contributed by atoms with E-state index < -0.39 is 0 Å². The smallest absolute Gasteiger partial charge is 0.253 e. The van der Waals surface area contributed by atoms with Crippen LogP contribution in [0, 0.1) is 3.70 Å². The van der Waals surface area contributed by atoms with Crippen molar-refractivity contribution in [2.75, 3.05) is 33.2 Å². The summed E-state index contributed by atoms with van der Waals surface area (Å²) in [4.78, 5) is 21.1. The molecule has 7 heteroatoms. The second-order valence-electron chi connectivity index (χ2n) is 6.24. The maximum absolute atomic E-state index is 12.6. The molecule has 128 valence electrons. The van der Waals surface area contributed by atoms with E-state index in [0.717, 1.165) is 52.3 Å². The number of hydrogen-bond acceptors (Lipinski definition) is 4. The van der Waals surface area contributed by atoms with E-state index in [1.165, 1.54) is 0 Å². The minimum Gasteiger partial charge on any atom is -0.336 e. The molecule has 1 fully saturated rings. The maximum atomic E-state index is 12.6. The third kappa shape index (κ3) is 3.25. The Labute approximate surface area is 159 Å². The van der Waals surface area contributed by atoms with Crippen molar-refractivity contribution in [1.82, 2.24) is 24.4 Å². The molecule has 1 aliphatic rings. The summed E-state index contributed by atoms with van der Waals surface area (Å²) >= 11 is 2.21. The first-order valence-corrected chi connectivity index (χ1v) is 9.28. The lowest BCUT2D eigenvalue weighted by Gasteiger charge is -2.32. The van der Waals surface area contributed by atoms with E-state index in [1.54, 1.807) is 6.20 Å². The molecule has 0 radical (unpaired) electrons. The van der Waals surface area contributed by atoms with Crippen LogP contribution in [-0.2, 0) is 0 Å². The number of nitrogens with zero attached hydrogens (tertiary/aromatic N) is 5. The molecular formula is C18H18IN5O. The van der Waals surface area contributed by atoms with E-state index in [0.29, 0.717) is 0 Å². The van der Waals surface area contributed by atoms with Crippen LogP contribution >= 0.6 is 22.6 Å². The lowest BCUT2D eigenvalue weighted by Crippen LogP contribution is -2.47. The number of carbonyl (C=O) groups excluding carboxylic acids is 1. The zero-order valence-electron chi connectivity index (χ0n) is 13.9. The van der Waals surface area contributed by atoms with Gasteiger partial charge in [0.2, 0.25) is 0 Å². The van der Waals surface area contributed by atoms with Crippen LogP contribution in [0.15, 0.2) is 42.6 Å². The number of rotatable bonds is 2. The van der Waals surface area contributed by atoms with Gasteiger partial charge in [0, 0.05) is 37.3 Å². The highest BCUT2D eigenvalue weighted by Gasteiger charge is 2.20. The molecule has 0 saturated carbocycles. The molecule has 0 atom stereocenters. The van der Waals surface area contributed by atoms with Crippen LogP contribution in [0.3, 0.4) is 0 Å². The fraction of sp³-hybridized carbons (Fsp3) is 0.278. The molecule has 0 bridgehead atoms. The number of hydrogen-bond donors (Lipinski definition) is 0. The predicted molar refractivity (Wildman–Crippen MR) is 105 cm³/mol. The van der Waals surface area contributed by atoms with Crippen LogP contribution in [0.5, 0.6) is 0 Å². The van der Waals surface area contributed by atoms with E-state index in [4.69, 9.17) is 0 Å². The monoisotopic (exact) mass is 447 g/mol. The van der Waals surface area contributed by atoms with Gasteiger partial charge in [-0.15, -0.1) is 0 Å². The first-order valence-electron chi connectivity index (χ1n) is 8.20. The summed E-state index contributed by atoms with van der Waals surface area (Å²) < 4.78 is 2.79. The molecule has 0 spiro atoms. The Bertz CT molecular complexity index is 913. The second kappa shape index (κ2) is 6.72. The number of fused-ring (bicyclic) bond motifs is 1. The predicted octanol–water partition coefficient (Wildman–Crippen LogP) is 2.39. The van der Waals surface area contributed by atoms with Crippen LogP contribution in [0.1, 0.15) is 10.4 Å². The molecule has 1 saturated heterocycles. The maximum Gasteiger partial charge on any atom is 0.253 e. The van der Waals surface area contributed by atoms with Crippen molar-refractivity contribution in [3.05, 3.63) is 51.9 Å². The average molecular weight is 447 g/mol. The fourth-order valence-electron chi connectivity index (χ4n) is 2.98. The standard InChI is InChI=1S/C18H18IN5O/c1-22-8-10-23(11-9-22)18(25)14-4-2-13(3-5-14)15-6-7-17-20-12-16(19)24(17)21-15/h2-7,12H,8-11H2,1H3. The number of carbonyl (C=O) groups is 1. The molecule has 0 N–H and O–H groups in total. The highest BCUT2D eigenvalue weighted by Crippen LogP contribution is 2.20. The van der Waals surface area contributed by atoms with E-state index in [-0.39, 0.29) is 5.91 Å². The van der Waals surface area contributed by atoms with Crippen LogP contribution in [0.25, 0.3) is 16.9 Å². The highest BCUT2D eigenvalue weighted by molar-refractivity contribution is 14.1. The zero-order chi connectivity index (χ0) is 17.4. The van der Waals surface area contributed by atoms with Crippen molar-refractivity contribution < 1.29 is 4.79 Å². The molecule has 3 aromatic rings. The third-order valence-corrected chi connectivity index (χ3v) is 5.27. The minimum absolute atomic E-state index is 0.104. The number of benzene rings is 1. The van der Waals surface area contributed by atoms with Crippen molar-refractivity contribution in [3.63, 3.8) is 0 Å². The molecule has 2 aromatic heterocycles. The van der Waals surface area contributed by atoms with Gasteiger partial charge in [0.05, 0.1) is 11.9 Å². The molecule has 4 rings (SSSR count). The van der Waals surface area contributed by atoms with Gasteiger partial charge in [0.15, 0.2) is 5.65 Å². The van der Waals surface area contributed by atoms with E-state index in [2.05, 4.69) is 44.6 Å². The first kappa shape index (κ1) is 16.5. The lowest BCUT2D eigenvalue weighted by atomic mass is 10.1. The number of imidazole rings is 1. The number of halogens is 1. The Morgan fingerprint density at radius 2 is 1.76 bits per heavy atom. The Balaban J connectivity index is 1.56. The van der Waals surface area contributed by atoms with Crippen molar-refractivity contribution in [3.8, 4) is 11.3 Å². The number of amides is 1. The summed E-state index contributed by atoms with van der Waals surface area (Å²) in [6.45, 7) is 3.43. The molecule has 1 aliphatic heterocycles. The summed E-state index contributed by atoms with van der Waals surface area (Å²) in [6.07, 6.45) is 1.80. The molecule has 0 unspecified atom stereocenters. The van der Waals surface area contributed by atoms with Gasteiger partial charge in [-0.3, -0.25) is 4.79 Å². The van der Waals surface area contributed by atoms with Crippen LogP contribution in [0.2, 0.25) is 0 Å².